The SMILES string of the molecule is CCC(CC)C(CNC(=NC)NCCCS(C)(=O)=O)N1CCOCC1.I. The zero-order chi connectivity index (χ0) is 18.7. The molecule has 2 N–H and O–H groups in total. The average molecular weight is 504 g/mol. The molecule has 1 rings (SSSR count). The number of nitrogens with zero attached hydrogens (tertiary/aromatic N) is 2. The van der Waals surface area contributed by atoms with Crippen LogP contribution >= 0.6 is 24.0 Å². The Morgan fingerprint density at radius 2 is 1.81 bits per heavy atom. The Balaban J connectivity index is 0.00000625. The molecule has 0 saturated carbocycles. The lowest BCUT2D eigenvalue weighted by molar-refractivity contribution is 0.00272. The summed E-state index contributed by atoms with van der Waals surface area (Å²) in [6, 6.07) is 0.452. The van der Waals surface area contributed by atoms with Gasteiger partial charge < -0.3 is 15.4 Å². The van der Waals surface area contributed by atoms with Gasteiger partial charge in [-0.1, -0.05) is 26.7 Å². The molecule has 0 amide bonds. The molecule has 1 atom stereocenters. The van der Waals surface area contributed by atoms with Gasteiger partial charge in [0.05, 0.1) is 19.0 Å². The lowest BCUT2D eigenvalue weighted by Gasteiger charge is -2.39. The first kappa shape index (κ1) is 25.9. The molecule has 0 aromatic rings. The lowest BCUT2D eigenvalue weighted by atomic mass is 9.92. The second-order valence-electron chi connectivity index (χ2n) is 6.66. The van der Waals surface area contributed by atoms with Gasteiger partial charge in [0.2, 0.25) is 0 Å². The van der Waals surface area contributed by atoms with Gasteiger partial charge in [0, 0.05) is 45.5 Å². The van der Waals surface area contributed by atoms with Crippen LogP contribution in [0, 0.1) is 5.92 Å². The summed E-state index contributed by atoms with van der Waals surface area (Å²) in [6.07, 6.45) is 4.16. The quantitative estimate of drug-likeness (QED) is 0.202. The Hall–Kier alpha value is -0.130. The fourth-order valence-electron chi connectivity index (χ4n) is 3.30. The smallest absolute Gasteiger partial charge is 0.191 e. The van der Waals surface area contributed by atoms with Crippen molar-refractivity contribution in [3.8, 4) is 0 Å². The van der Waals surface area contributed by atoms with Crippen LogP contribution in [0.1, 0.15) is 33.1 Å². The van der Waals surface area contributed by atoms with E-state index in [-0.39, 0.29) is 29.7 Å². The molecule has 0 aromatic heterocycles. The number of morpholine rings is 1. The molecule has 0 aliphatic carbocycles. The molecule has 1 heterocycles. The number of hydrogen-bond acceptors (Lipinski definition) is 5. The van der Waals surface area contributed by atoms with Crippen LogP contribution in [-0.2, 0) is 14.6 Å². The minimum atomic E-state index is -2.91. The predicted octanol–water partition coefficient (Wildman–Crippen LogP) is 1.34. The summed E-state index contributed by atoms with van der Waals surface area (Å²) < 4.78 is 27.9. The number of rotatable bonds is 10. The van der Waals surface area contributed by atoms with Gasteiger partial charge in [-0.2, -0.15) is 0 Å². The Labute approximate surface area is 176 Å². The first-order valence-corrected chi connectivity index (χ1v) is 11.4. The molecule has 1 saturated heterocycles. The first-order valence-electron chi connectivity index (χ1n) is 9.35. The van der Waals surface area contributed by atoms with E-state index in [9.17, 15) is 8.42 Å². The Kier molecular flexibility index (Phi) is 13.9. The largest absolute Gasteiger partial charge is 0.379 e. The Morgan fingerprint density at radius 1 is 1.19 bits per heavy atom. The van der Waals surface area contributed by atoms with Gasteiger partial charge in [0.25, 0.3) is 0 Å². The van der Waals surface area contributed by atoms with Gasteiger partial charge >= 0.3 is 0 Å². The maximum absolute atomic E-state index is 11.2. The Bertz CT molecular complexity index is 492. The summed E-state index contributed by atoms with van der Waals surface area (Å²) in [5, 5.41) is 6.63. The summed E-state index contributed by atoms with van der Waals surface area (Å²) in [5.41, 5.74) is 0. The van der Waals surface area contributed by atoms with E-state index in [1.807, 2.05) is 0 Å². The number of ether oxygens (including phenoxy) is 1. The normalized spacial score (nSPS) is 17.7. The van der Waals surface area contributed by atoms with Crippen LogP contribution in [-0.4, -0.2) is 83.8 Å². The van der Waals surface area contributed by atoms with Crippen LogP contribution in [0.25, 0.3) is 0 Å². The number of aliphatic imine (C=N–C) groups is 1. The zero-order valence-corrected chi connectivity index (χ0v) is 19.8. The average Bonchev–Trinajstić information content (AvgIpc) is 2.60. The molecule has 1 aliphatic rings. The van der Waals surface area contributed by atoms with Gasteiger partial charge in [-0.25, -0.2) is 8.42 Å². The predicted molar refractivity (Wildman–Crippen MR) is 119 cm³/mol. The molecule has 26 heavy (non-hydrogen) atoms. The Morgan fingerprint density at radius 3 is 2.31 bits per heavy atom. The van der Waals surface area contributed by atoms with Crippen molar-refractivity contribution in [1.82, 2.24) is 15.5 Å². The highest BCUT2D eigenvalue weighted by Crippen LogP contribution is 2.19. The van der Waals surface area contributed by atoms with E-state index in [1.165, 1.54) is 6.26 Å². The number of nitrogens with one attached hydrogen (secondary N) is 2. The fourth-order valence-corrected chi connectivity index (χ4v) is 3.97. The molecule has 1 unspecified atom stereocenters. The monoisotopic (exact) mass is 504 g/mol. The second kappa shape index (κ2) is 14.0. The van der Waals surface area contributed by atoms with Gasteiger partial charge in [-0.15, -0.1) is 24.0 Å². The van der Waals surface area contributed by atoms with E-state index in [1.54, 1.807) is 7.05 Å². The number of hydrogen-bond donors (Lipinski definition) is 2. The van der Waals surface area contributed by atoms with E-state index in [4.69, 9.17) is 4.74 Å². The third-order valence-electron chi connectivity index (χ3n) is 4.79. The van der Waals surface area contributed by atoms with Gasteiger partial charge in [-0.05, 0) is 12.3 Å². The summed E-state index contributed by atoms with van der Waals surface area (Å²) in [5.74, 6) is 1.56. The molecule has 0 spiro atoms. The molecule has 0 bridgehead atoms. The van der Waals surface area contributed by atoms with Crippen molar-refractivity contribution < 1.29 is 13.2 Å². The van der Waals surface area contributed by atoms with Crippen LogP contribution in [0.15, 0.2) is 4.99 Å². The molecular weight excluding hydrogens is 467 g/mol. The van der Waals surface area contributed by atoms with E-state index >= 15 is 0 Å². The standard InChI is InChI=1S/C17H36N4O3S.HI/c1-5-15(6-2)16(21-9-11-24-12-10-21)14-20-17(18-3)19-8-7-13-25(4,22)23;/h15-16H,5-14H2,1-4H3,(H2,18,19,20);1H. The highest BCUT2D eigenvalue weighted by Gasteiger charge is 2.26. The number of guanidine groups is 1. The van der Waals surface area contributed by atoms with Crippen molar-refractivity contribution in [2.75, 3.05) is 58.4 Å². The van der Waals surface area contributed by atoms with Crippen molar-refractivity contribution >= 4 is 39.8 Å². The summed E-state index contributed by atoms with van der Waals surface area (Å²) in [4.78, 5) is 6.77. The van der Waals surface area contributed by atoms with Crippen LogP contribution in [0.5, 0.6) is 0 Å². The minimum absolute atomic E-state index is 0. The van der Waals surface area contributed by atoms with E-state index in [0.29, 0.717) is 24.9 Å². The van der Waals surface area contributed by atoms with Gasteiger partial charge in [0.15, 0.2) is 5.96 Å². The molecular formula is C17H37IN4O3S. The molecule has 9 heteroatoms. The molecule has 156 valence electrons. The fraction of sp³-hybridized carbons (Fsp3) is 0.941. The van der Waals surface area contributed by atoms with Gasteiger partial charge in [-0.3, -0.25) is 9.89 Å². The molecule has 0 aromatic carbocycles. The van der Waals surface area contributed by atoms with Crippen molar-refractivity contribution in [2.45, 2.75) is 39.2 Å². The zero-order valence-electron chi connectivity index (χ0n) is 16.7. The van der Waals surface area contributed by atoms with E-state index in [0.717, 1.165) is 51.6 Å². The van der Waals surface area contributed by atoms with Crippen molar-refractivity contribution in [3.05, 3.63) is 0 Å². The first-order chi connectivity index (χ1) is 11.9. The van der Waals surface area contributed by atoms with Crippen LogP contribution in [0.2, 0.25) is 0 Å². The van der Waals surface area contributed by atoms with E-state index in [2.05, 4.69) is 34.4 Å². The van der Waals surface area contributed by atoms with Crippen molar-refractivity contribution in [2.24, 2.45) is 10.9 Å². The maximum Gasteiger partial charge on any atom is 0.191 e. The number of sulfone groups is 1. The van der Waals surface area contributed by atoms with Crippen molar-refractivity contribution in [1.29, 1.82) is 0 Å². The van der Waals surface area contributed by atoms with Gasteiger partial charge in [0.1, 0.15) is 9.84 Å². The van der Waals surface area contributed by atoms with Crippen LogP contribution < -0.4 is 10.6 Å². The van der Waals surface area contributed by atoms with Crippen LogP contribution in [0.4, 0.5) is 0 Å². The topological polar surface area (TPSA) is 83.0 Å². The summed E-state index contributed by atoms with van der Waals surface area (Å²) in [6.45, 7) is 9.48. The summed E-state index contributed by atoms with van der Waals surface area (Å²) >= 11 is 0. The highest BCUT2D eigenvalue weighted by molar-refractivity contribution is 14.0. The molecule has 0 radical (unpaired) electrons. The minimum Gasteiger partial charge on any atom is -0.379 e. The second-order valence-corrected chi connectivity index (χ2v) is 8.92. The van der Waals surface area contributed by atoms with E-state index < -0.39 is 9.84 Å². The lowest BCUT2D eigenvalue weighted by Crippen LogP contribution is -2.53. The maximum atomic E-state index is 11.2. The molecule has 1 fully saturated rings. The molecule has 7 nitrogen and oxygen atoms in total. The molecule has 1 aliphatic heterocycles. The van der Waals surface area contributed by atoms with Crippen LogP contribution in [0.3, 0.4) is 0 Å². The number of halogens is 1. The third-order valence-corrected chi connectivity index (χ3v) is 5.82. The third kappa shape index (κ3) is 10.3. The van der Waals surface area contributed by atoms with Crippen molar-refractivity contribution in [3.63, 3.8) is 0 Å². The summed E-state index contributed by atoms with van der Waals surface area (Å²) in [7, 11) is -1.16. The highest BCUT2D eigenvalue weighted by atomic mass is 127.